The number of nitrogens with one attached hydrogen (secondary N) is 1. The molecule has 0 bridgehead atoms. The highest BCUT2D eigenvalue weighted by atomic mass is 16.5. The van der Waals surface area contributed by atoms with Crippen LogP contribution in [-0.4, -0.2) is 31.9 Å². The molecule has 164 valence electrons. The van der Waals surface area contributed by atoms with Crippen molar-refractivity contribution in [3.8, 4) is 28.1 Å². The van der Waals surface area contributed by atoms with Crippen LogP contribution in [0.4, 0.5) is 0 Å². The largest absolute Gasteiger partial charge is 0.496 e. The number of nitrogens with zero attached hydrogens (tertiary/aromatic N) is 4. The van der Waals surface area contributed by atoms with Crippen LogP contribution in [0.3, 0.4) is 0 Å². The first-order valence-corrected chi connectivity index (χ1v) is 10.6. The van der Waals surface area contributed by atoms with Gasteiger partial charge in [-0.25, -0.2) is 14.6 Å². The van der Waals surface area contributed by atoms with Gasteiger partial charge in [-0.3, -0.25) is 0 Å². The van der Waals surface area contributed by atoms with Gasteiger partial charge in [0.05, 0.1) is 35.0 Å². The Morgan fingerprint density at radius 1 is 1.03 bits per heavy atom. The summed E-state index contributed by atoms with van der Waals surface area (Å²) in [5, 5.41) is 7.01. The van der Waals surface area contributed by atoms with Crippen molar-refractivity contribution in [2.45, 2.75) is 20.8 Å². The topological polar surface area (TPSA) is 108 Å². The molecular weight excluding hydrogens is 416 g/mol. The second kappa shape index (κ2) is 6.83. The van der Waals surface area contributed by atoms with Crippen molar-refractivity contribution in [3.05, 3.63) is 59.9 Å². The number of hydrogen-bond acceptors (Lipinski definition) is 6. The van der Waals surface area contributed by atoms with Crippen LogP contribution < -0.4 is 10.6 Å². The molecule has 8 nitrogen and oxygen atoms in total. The molecule has 0 aliphatic carbocycles. The van der Waals surface area contributed by atoms with Crippen molar-refractivity contribution in [1.82, 2.24) is 24.8 Å². The summed E-state index contributed by atoms with van der Waals surface area (Å²) in [5.74, 6) is 8.00. The molecule has 0 saturated carbocycles. The summed E-state index contributed by atoms with van der Waals surface area (Å²) in [5.41, 5.74) is 8.00. The van der Waals surface area contributed by atoms with Gasteiger partial charge in [0.25, 0.3) is 0 Å². The summed E-state index contributed by atoms with van der Waals surface area (Å²) >= 11 is 0. The van der Waals surface area contributed by atoms with Gasteiger partial charge in [-0.05, 0) is 39.0 Å². The highest BCUT2D eigenvalue weighted by Gasteiger charge is 2.23. The molecule has 0 fully saturated rings. The maximum atomic E-state index is 6.58. The Morgan fingerprint density at radius 3 is 2.61 bits per heavy atom. The number of methoxy groups -OCH3 is 1. The number of rotatable bonds is 3. The lowest BCUT2D eigenvalue weighted by Crippen LogP contribution is -2.08. The zero-order valence-electron chi connectivity index (χ0n) is 18.7. The van der Waals surface area contributed by atoms with E-state index in [-0.39, 0.29) is 0 Å². The lowest BCUT2D eigenvalue weighted by atomic mass is 9.99. The Balaban J connectivity index is 1.74. The van der Waals surface area contributed by atoms with Crippen molar-refractivity contribution >= 4 is 32.8 Å². The van der Waals surface area contributed by atoms with Gasteiger partial charge in [0.15, 0.2) is 5.65 Å². The monoisotopic (exact) mass is 438 g/mol. The maximum Gasteiger partial charge on any atom is 0.163 e. The van der Waals surface area contributed by atoms with E-state index in [2.05, 4.69) is 34.2 Å². The van der Waals surface area contributed by atoms with Crippen LogP contribution in [-0.2, 0) is 0 Å². The molecule has 0 amide bonds. The number of hydrogen-bond donors (Lipinski definition) is 2. The van der Waals surface area contributed by atoms with Gasteiger partial charge in [0.2, 0.25) is 0 Å². The molecule has 6 aromatic rings. The third-order valence-corrected chi connectivity index (χ3v) is 6.34. The third kappa shape index (κ3) is 2.60. The number of benzene rings is 2. The van der Waals surface area contributed by atoms with Crippen molar-refractivity contribution < 1.29 is 9.26 Å². The van der Waals surface area contributed by atoms with Gasteiger partial charge < -0.3 is 20.1 Å². The van der Waals surface area contributed by atoms with Gasteiger partial charge >= 0.3 is 0 Å². The minimum Gasteiger partial charge on any atom is -0.496 e. The minimum absolute atomic E-state index is 0.651. The van der Waals surface area contributed by atoms with E-state index < -0.39 is 0 Å². The van der Waals surface area contributed by atoms with Gasteiger partial charge in [-0.15, -0.1) is 0 Å². The first-order valence-electron chi connectivity index (χ1n) is 10.6. The summed E-state index contributed by atoms with van der Waals surface area (Å²) in [6.07, 6.45) is 1.56. The first-order chi connectivity index (χ1) is 16.0. The molecule has 0 aliphatic rings. The second-order valence-electron chi connectivity index (χ2n) is 8.23. The number of aryl methyl sites for hydroxylation is 3. The van der Waals surface area contributed by atoms with E-state index in [1.807, 2.05) is 38.1 Å². The molecule has 0 spiro atoms. The molecule has 6 rings (SSSR count). The summed E-state index contributed by atoms with van der Waals surface area (Å²) in [6, 6.07) is 12.2. The molecule has 0 aliphatic heterocycles. The highest BCUT2D eigenvalue weighted by molar-refractivity contribution is 6.16. The quantitative estimate of drug-likeness (QED) is 0.375. The van der Waals surface area contributed by atoms with Crippen LogP contribution in [0.1, 0.15) is 17.1 Å². The maximum absolute atomic E-state index is 6.58. The molecule has 0 saturated heterocycles. The second-order valence-corrected chi connectivity index (χ2v) is 8.23. The fraction of sp³-hybridized carbons (Fsp3) is 0.160. The third-order valence-electron chi connectivity index (χ3n) is 6.34. The van der Waals surface area contributed by atoms with Crippen molar-refractivity contribution in [1.29, 1.82) is 0 Å². The SMILES string of the molecule is COc1cc2c3c(-c4c(C)[nH]c5ccccc45)ncnc3n(N)c2cc1-c1c(C)noc1C. The van der Waals surface area contributed by atoms with E-state index in [0.29, 0.717) is 11.4 Å². The average Bonchev–Trinajstić information content (AvgIpc) is 3.43. The zero-order chi connectivity index (χ0) is 22.9. The Morgan fingerprint density at radius 2 is 1.85 bits per heavy atom. The van der Waals surface area contributed by atoms with Crippen molar-refractivity contribution in [2.24, 2.45) is 0 Å². The summed E-state index contributed by atoms with van der Waals surface area (Å²) in [7, 11) is 1.66. The number of ether oxygens (including phenoxy) is 1. The van der Waals surface area contributed by atoms with E-state index in [0.717, 1.165) is 66.7 Å². The normalized spacial score (nSPS) is 11.8. The predicted octanol–water partition coefficient (Wildman–Crippen LogP) is 5.04. The fourth-order valence-electron chi connectivity index (χ4n) is 4.89. The van der Waals surface area contributed by atoms with E-state index in [1.165, 1.54) is 0 Å². The van der Waals surface area contributed by atoms with Crippen molar-refractivity contribution in [2.75, 3.05) is 13.0 Å². The minimum atomic E-state index is 0.651. The van der Waals surface area contributed by atoms with Crippen LogP contribution in [0.5, 0.6) is 5.75 Å². The summed E-state index contributed by atoms with van der Waals surface area (Å²) in [4.78, 5) is 12.7. The average molecular weight is 438 g/mol. The molecule has 0 atom stereocenters. The number of nitrogen functional groups attached to an aromatic ring is 1. The van der Waals surface area contributed by atoms with Crippen LogP contribution >= 0.6 is 0 Å². The van der Waals surface area contributed by atoms with Gasteiger partial charge in [-0.1, -0.05) is 23.4 Å². The number of aromatic nitrogens is 5. The molecule has 33 heavy (non-hydrogen) atoms. The molecule has 3 N–H and O–H groups in total. The van der Waals surface area contributed by atoms with E-state index >= 15 is 0 Å². The highest BCUT2D eigenvalue weighted by Crippen LogP contribution is 2.43. The zero-order valence-corrected chi connectivity index (χ0v) is 18.7. The Kier molecular flexibility index (Phi) is 4.01. The number of fused-ring (bicyclic) bond motifs is 4. The first kappa shape index (κ1) is 19.4. The number of H-pyrrole nitrogens is 1. The number of nitrogens with two attached hydrogens (primary N) is 1. The van der Waals surface area contributed by atoms with Gasteiger partial charge in [-0.2, -0.15) is 0 Å². The fourth-order valence-corrected chi connectivity index (χ4v) is 4.89. The lowest BCUT2D eigenvalue weighted by molar-refractivity contribution is 0.393. The molecular formula is C25H22N6O2. The molecule has 4 heterocycles. The molecule has 8 heteroatoms. The standard InChI is InChI=1S/C25H22N6O2/c1-12-22(15-7-5-6-8-18(15)29-12)24-23-16-10-20(32-4)17(21-13(2)30-33-14(21)3)9-19(16)31(26)25(23)28-11-27-24/h5-11,29H,26H2,1-4H3. The molecule has 2 aromatic carbocycles. The van der Waals surface area contributed by atoms with Crippen LogP contribution in [0.15, 0.2) is 47.2 Å². The number of para-hydroxylation sites is 1. The molecule has 0 unspecified atom stereocenters. The van der Waals surface area contributed by atoms with Crippen LogP contribution in [0.25, 0.3) is 55.2 Å². The van der Waals surface area contributed by atoms with E-state index in [1.54, 1.807) is 18.1 Å². The van der Waals surface area contributed by atoms with Gasteiger partial charge in [0.1, 0.15) is 17.8 Å². The Bertz CT molecular complexity index is 1690. The summed E-state index contributed by atoms with van der Waals surface area (Å²) in [6.45, 7) is 5.86. The van der Waals surface area contributed by atoms with Crippen molar-refractivity contribution in [3.63, 3.8) is 0 Å². The Hall–Kier alpha value is -4.33. The van der Waals surface area contributed by atoms with Crippen LogP contribution in [0.2, 0.25) is 0 Å². The van der Waals surface area contributed by atoms with Crippen LogP contribution in [0, 0.1) is 20.8 Å². The predicted molar refractivity (Wildman–Crippen MR) is 129 cm³/mol. The van der Waals surface area contributed by atoms with E-state index in [4.69, 9.17) is 20.1 Å². The Labute approximate surface area is 189 Å². The number of aromatic amines is 1. The summed E-state index contributed by atoms with van der Waals surface area (Å²) < 4.78 is 12.8. The lowest BCUT2D eigenvalue weighted by Gasteiger charge is -2.10. The van der Waals surface area contributed by atoms with E-state index in [9.17, 15) is 0 Å². The molecule has 4 aromatic heterocycles. The molecule has 0 radical (unpaired) electrons. The van der Waals surface area contributed by atoms with Gasteiger partial charge in [0, 0.05) is 33.1 Å². The smallest absolute Gasteiger partial charge is 0.163 e.